The van der Waals surface area contributed by atoms with Gasteiger partial charge in [0.1, 0.15) is 11.3 Å². The molecule has 1 atom stereocenters. The van der Waals surface area contributed by atoms with Crippen molar-refractivity contribution in [2.24, 2.45) is 0 Å². The first-order valence-electron chi connectivity index (χ1n) is 10.6. The number of nitrogens with one attached hydrogen (secondary N) is 3. The van der Waals surface area contributed by atoms with Crippen molar-refractivity contribution < 1.29 is 9.84 Å². The summed E-state index contributed by atoms with van der Waals surface area (Å²) in [4.78, 5) is 31.5. The number of nitrogens with zero attached hydrogens (tertiary/aromatic N) is 1. The van der Waals surface area contributed by atoms with Gasteiger partial charge >= 0.3 is 5.69 Å². The number of aromatic amines is 2. The summed E-state index contributed by atoms with van der Waals surface area (Å²) in [6.07, 6.45) is 0.792. The van der Waals surface area contributed by atoms with Crippen molar-refractivity contribution in [1.82, 2.24) is 19.9 Å². The normalized spacial score (nSPS) is 15.6. The summed E-state index contributed by atoms with van der Waals surface area (Å²) in [7, 11) is 0. The first-order valence-corrected chi connectivity index (χ1v) is 10.6. The second-order valence-electron chi connectivity index (χ2n) is 7.88. The number of aromatic hydroxyl groups is 1. The Hall–Kier alpha value is -3.78. The summed E-state index contributed by atoms with van der Waals surface area (Å²) in [5, 5.41) is 15.7. The van der Waals surface area contributed by atoms with Crippen molar-refractivity contribution in [3.05, 3.63) is 85.7 Å². The Morgan fingerprint density at radius 3 is 2.75 bits per heavy atom. The van der Waals surface area contributed by atoms with Crippen LogP contribution in [0.2, 0.25) is 0 Å². The molecule has 0 aliphatic carbocycles. The highest BCUT2D eigenvalue weighted by Crippen LogP contribution is 2.36. The number of aromatic nitrogens is 3. The van der Waals surface area contributed by atoms with E-state index in [0.29, 0.717) is 24.6 Å². The number of ether oxygens (including phenoxy) is 1. The number of H-pyrrole nitrogens is 2. The Kier molecular flexibility index (Phi) is 4.86. The molecule has 4 N–H and O–H groups in total. The number of benzene rings is 2. The van der Waals surface area contributed by atoms with E-state index in [1.54, 1.807) is 24.3 Å². The number of aryl methyl sites for hydroxylation is 1. The third-order valence-electron chi connectivity index (χ3n) is 6.01. The van der Waals surface area contributed by atoms with Gasteiger partial charge < -0.3 is 20.1 Å². The molecular formula is C24H24N4O4. The van der Waals surface area contributed by atoms with Crippen LogP contribution in [0.3, 0.4) is 0 Å². The zero-order valence-corrected chi connectivity index (χ0v) is 17.9. The summed E-state index contributed by atoms with van der Waals surface area (Å²) >= 11 is 0. The van der Waals surface area contributed by atoms with Crippen LogP contribution < -0.4 is 21.3 Å². The van der Waals surface area contributed by atoms with Crippen molar-refractivity contribution in [2.75, 3.05) is 13.2 Å². The molecule has 1 aliphatic rings. The monoisotopic (exact) mass is 432 g/mol. The highest BCUT2D eigenvalue weighted by molar-refractivity contribution is 5.88. The van der Waals surface area contributed by atoms with E-state index < -0.39 is 23.2 Å². The van der Waals surface area contributed by atoms with Crippen LogP contribution >= 0.6 is 0 Å². The molecule has 0 radical (unpaired) electrons. The van der Waals surface area contributed by atoms with Crippen LogP contribution in [0.15, 0.2) is 52.1 Å². The minimum Gasteiger partial charge on any atom is -0.494 e. The number of rotatable bonds is 4. The molecule has 3 heterocycles. The molecule has 32 heavy (non-hydrogen) atoms. The van der Waals surface area contributed by atoms with Crippen molar-refractivity contribution in [2.45, 2.75) is 26.3 Å². The first kappa shape index (κ1) is 20.1. The first-order chi connectivity index (χ1) is 15.5. The molecule has 1 unspecified atom stereocenters. The lowest BCUT2D eigenvalue weighted by atomic mass is 9.95. The lowest BCUT2D eigenvalue weighted by molar-refractivity contribution is 0.336. The molecule has 4 aromatic rings. The van der Waals surface area contributed by atoms with E-state index in [0.717, 1.165) is 38.7 Å². The van der Waals surface area contributed by atoms with E-state index >= 15 is 0 Å². The maximum absolute atomic E-state index is 12.9. The van der Waals surface area contributed by atoms with Crippen LogP contribution in [0.5, 0.6) is 11.6 Å². The lowest BCUT2D eigenvalue weighted by Gasteiger charge is -2.25. The predicted molar refractivity (Wildman–Crippen MR) is 122 cm³/mol. The van der Waals surface area contributed by atoms with Gasteiger partial charge in [-0.2, -0.15) is 0 Å². The SMILES string of the molecule is CCOc1ccccc1-n1c(O)c(C2NCCc3c2[nH]c2c(C)cccc32)c(=O)[nH]c1=O. The molecule has 8 nitrogen and oxygen atoms in total. The number of hydrogen-bond donors (Lipinski definition) is 4. The number of fused-ring (bicyclic) bond motifs is 3. The minimum atomic E-state index is -0.730. The Labute approximate surface area is 183 Å². The maximum Gasteiger partial charge on any atom is 0.335 e. The maximum atomic E-state index is 12.9. The van der Waals surface area contributed by atoms with Crippen molar-refractivity contribution >= 4 is 10.9 Å². The van der Waals surface area contributed by atoms with Crippen molar-refractivity contribution in [1.29, 1.82) is 0 Å². The second kappa shape index (κ2) is 7.72. The van der Waals surface area contributed by atoms with Gasteiger partial charge in [-0.15, -0.1) is 0 Å². The van der Waals surface area contributed by atoms with E-state index in [1.807, 2.05) is 26.0 Å². The smallest absolute Gasteiger partial charge is 0.335 e. The average molecular weight is 432 g/mol. The molecule has 5 rings (SSSR count). The summed E-state index contributed by atoms with van der Waals surface area (Å²) < 4.78 is 6.73. The van der Waals surface area contributed by atoms with Crippen LogP contribution in [0.4, 0.5) is 0 Å². The molecule has 2 aromatic carbocycles. The third kappa shape index (κ3) is 3.03. The molecule has 0 bridgehead atoms. The average Bonchev–Trinajstić information content (AvgIpc) is 3.16. The summed E-state index contributed by atoms with van der Waals surface area (Å²) in [5.74, 6) is 0.0237. The topological polar surface area (TPSA) is 112 Å². The quantitative estimate of drug-likeness (QED) is 0.396. The standard InChI is InChI=1S/C24H24N4O4/c1-3-32-17-10-5-4-9-16(17)28-23(30)18(22(29)27-24(28)31)21-20-15(11-12-25-21)14-8-6-7-13(2)19(14)26-20/h4-10,21,25-26,30H,3,11-12H2,1-2H3,(H,27,29,31). The second-order valence-corrected chi connectivity index (χ2v) is 7.88. The van der Waals surface area contributed by atoms with Crippen molar-refractivity contribution in [3.63, 3.8) is 0 Å². The predicted octanol–water partition coefficient (Wildman–Crippen LogP) is 2.65. The zero-order valence-electron chi connectivity index (χ0n) is 17.9. The number of para-hydroxylation sites is 3. The molecule has 0 saturated carbocycles. The zero-order chi connectivity index (χ0) is 22.4. The Morgan fingerprint density at radius 2 is 1.94 bits per heavy atom. The molecule has 0 spiro atoms. The van der Waals surface area contributed by atoms with Gasteiger partial charge in [-0.3, -0.25) is 9.78 Å². The largest absolute Gasteiger partial charge is 0.494 e. The molecular weight excluding hydrogens is 408 g/mol. The lowest BCUT2D eigenvalue weighted by Crippen LogP contribution is -2.38. The van der Waals surface area contributed by atoms with Gasteiger partial charge in [0.15, 0.2) is 0 Å². The van der Waals surface area contributed by atoms with E-state index in [9.17, 15) is 14.7 Å². The van der Waals surface area contributed by atoms with Crippen LogP contribution in [0.25, 0.3) is 16.6 Å². The highest BCUT2D eigenvalue weighted by Gasteiger charge is 2.31. The number of hydrogen-bond acceptors (Lipinski definition) is 5. The van der Waals surface area contributed by atoms with E-state index in [2.05, 4.69) is 21.4 Å². The third-order valence-corrected chi connectivity index (χ3v) is 6.01. The fourth-order valence-electron chi connectivity index (χ4n) is 4.59. The Balaban J connectivity index is 1.75. The molecule has 164 valence electrons. The van der Waals surface area contributed by atoms with Gasteiger partial charge in [0.2, 0.25) is 5.88 Å². The van der Waals surface area contributed by atoms with Crippen LogP contribution in [-0.4, -0.2) is 32.8 Å². The summed E-state index contributed by atoms with van der Waals surface area (Å²) in [6.45, 7) is 4.89. The minimum absolute atomic E-state index is 0.0843. The molecule has 2 aromatic heterocycles. The van der Waals surface area contributed by atoms with Gasteiger partial charge in [-0.05, 0) is 43.5 Å². The van der Waals surface area contributed by atoms with Crippen molar-refractivity contribution in [3.8, 4) is 17.3 Å². The van der Waals surface area contributed by atoms with Gasteiger partial charge in [0.25, 0.3) is 5.56 Å². The van der Waals surface area contributed by atoms with Gasteiger partial charge in [-0.1, -0.05) is 30.3 Å². The van der Waals surface area contributed by atoms with Gasteiger partial charge in [0.05, 0.1) is 18.3 Å². The van der Waals surface area contributed by atoms with E-state index in [4.69, 9.17) is 4.74 Å². The van der Waals surface area contributed by atoms with Crippen LogP contribution in [-0.2, 0) is 6.42 Å². The Morgan fingerprint density at radius 1 is 1.12 bits per heavy atom. The van der Waals surface area contributed by atoms with E-state index in [1.165, 1.54) is 0 Å². The Bertz CT molecular complexity index is 1450. The summed E-state index contributed by atoms with van der Waals surface area (Å²) in [6, 6.07) is 12.4. The van der Waals surface area contributed by atoms with Crippen LogP contribution in [0, 0.1) is 6.92 Å². The molecule has 8 heteroatoms. The van der Waals surface area contributed by atoms with Crippen LogP contribution in [0.1, 0.15) is 35.3 Å². The fourth-order valence-corrected chi connectivity index (χ4v) is 4.59. The van der Waals surface area contributed by atoms with Gasteiger partial charge in [0, 0.05) is 23.1 Å². The van der Waals surface area contributed by atoms with E-state index in [-0.39, 0.29) is 5.56 Å². The van der Waals surface area contributed by atoms with Gasteiger partial charge in [-0.25, -0.2) is 9.36 Å². The molecule has 0 amide bonds. The highest BCUT2D eigenvalue weighted by atomic mass is 16.5. The molecule has 0 fully saturated rings. The summed E-state index contributed by atoms with van der Waals surface area (Å²) in [5.41, 5.74) is 3.13. The molecule has 1 aliphatic heterocycles. The molecule has 0 saturated heterocycles. The fraction of sp³-hybridized carbons (Fsp3) is 0.250.